The Balaban J connectivity index is 1.22. The van der Waals surface area contributed by atoms with Gasteiger partial charge in [-0.15, -0.1) is 0 Å². The summed E-state index contributed by atoms with van der Waals surface area (Å²) in [5.41, 5.74) is 6.59. The van der Waals surface area contributed by atoms with E-state index < -0.39 is 36.0 Å². The standard InChI is InChI=1S/C39H34N2O5/c1-26-20-22-29(23-21-26)39(27-12-4-2-5-13-27,28-14-6-3-7-15-28)41-36(42)24-35(37(43)44)40-38(45)46-25-34-32-18-10-8-16-30(32)31-17-9-11-19-33(31)34/h2-23,34-35H,24-25H2,1H3,(H,40,45)(H,41,42)(H,43,44)/t35-/m0/s1. The molecule has 2 amide bonds. The first-order chi connectivity index (χ1) is 22.4. The van der Waals surface area contributed by atoms with Gasteiger partial charge in [0.05, 0.1) is 6.42 Å². The summed E-state index contributed by atoms with van der Waals surface area (Å²) in [6, 6.07) is 41.3. The van der Waals surface area contributed by atoms with E-state index in [1.54, 1.807) is 0 Å². The van der Waals surface area contributed by atoms with E-state index in [1.165, 1.54) is 0 Å². The number of hydrogen-bond donors (Lipinski definition) is 3. The highest BCUT2D eigenvalue weighted by molar-refractivity contribution is 5.88. The Morgan fingerprint density at radius 1 is 0.696 bits per heavy atom. The van der Waals surface area contributed by atoms with Crippen molar-refractivity contribution in [3.63, 3.8) is 0 Å². The molecule has 0 saturated heterocycles. The lowest BCUT2D eigenvalue weighted by Gasteiger charge is -2.37. The molecule has 5 aromatic carbocycles. The number of aliphatic carboxylic acids is 1. The molecular formula is C39H34N2O5. The van der Waals surface area contributed by atoms with E-state index in [-0.39, 0.29) is 12.5 Å². The van der Waals surface area contributed by atoms with E-state index in [0.717, 1.165) is 44.5 Å². The first-order valence-electron chi connectivity index (χ1n) is 15.2. The topological polar surface area (TPSA) is 105 Å². The van der Waals surface area contributed by atoms with Crippen molar-refractivity contribution in [3.05, 3.63) is 167 Å². The van der Waals surface area contributed by atoms with Gasteiger partial charge in [-0.25, -0.2) is 9.59 Å². The molecule has 1 aliphatic carbocycles. The molecule has 46 heavy (non-hydrogen) atoms. The van der Waals surface area contributed by atoms with E-state index in [1.807, 2.05) is 140 Å². The molecule has 0 unspecified atom stereocenters. The van der Waals surface area contributed by atoms with Crippen LogP contribution in [0, 0.1) is 6.92 Å². The zero-order chi connectivity index (χ0) is 32.1. The van der Waals surface area contributed by atoms with Crippen LogP contribution >= 0.6 is 0 Å². The van der Waals surface area contributed by atoms with E-state index in [9.17, 15) is 19.5 Å². The maximum Gasteiger partial charge on any atom is 0.407 e. The van der Waals surface area contributed by atoms with Crippen molar-refractivity contribution < 1.29 is 24.2 Å². The van der Waals surface area contributed by atoms with Crippen LogP contribution in [0.1, 0.15) is 45.7 Å². The van der Waals surface area contributed by atoms with E-state index in [2.05, 4.69) is 10.6 Å². The molecule has 7 heteroatoms. The number of amides is 2. The molecule has 0 bridgehead atoms. The zero-order valence-corrected chi connectivity index (χ0v) is 25.4. The molecule has 0 heterocycles. The number of ether oxygens (including phenoxy) is 1. The lowest BCUT2D eigenvalue weighted by molar-refractivity contribution is -0.141. The number of fused-ring (bicyclic) bond motifs is 3. The molecule has 3 N–H and O–H groups in total. The minimum atomic E-state index is -1.52. The Hall–Kier alpha value is -5.69. The van der Waals surface area contributed by atoms with Crippen LogP contribution in [0.2, 0.25) is 0 Å². The second-order valence-electron chi connectivity index (χ2n) is 11.5. The lowest BCUT2D eigenvalue weighted by Crippen LogP contribution is -2.51. The summed E-state index contributed by atoms with van der Waals surface area (Å²) in [5.74, 6) is -2.08. The largest absolute Gasteiger partial charge is 0.480 e. The molecule has 0 aliphatic heterocycles. The van der Waals surface area contributed by atoms with Gasteiger partial charge in [-0.2, -0.15) is 0 Å². The minimum absolute atomic E-state index is 0.0247. The van der Waals surface area contributed by atoms with Crippen LogP contribution in [0.4, 0.5) is 4.79 Å². The van der Waals surface area contributed by atoms with Gasteiger partial charge in [-0.1, -0.05) is 139 Å². The summed E-state index contributed by atoms with van der Waals surface area (Å²) in [4.78, 5) is 39.1. The molecule has 0 aromatic heterocycles. The lowest BCUT2D eigenvalue weighted by atomic mass is 9.76. The Kier molecular flexibility index (Phi) is 8.65. The molecule has 1 aliphatic rings. The number of carboxylic acids is 1. The Morgan fingerprint density at radius 2 is 1.17 bits per heavy atom. The van der Waals surface area contributed by atoms with Crippen LogP contribution in [0.15, 0.2) is 133 Å². The van der Waals surface area contributed by atoms with Crippen molar-refractivity contribution in [2.75, 3.05) is 6.61 Å². The molecule has 5 aromatic rings. The first-order valence-corrected chi connectivity index (χ1v) is 15.2. The van der Waals surface area contributed by atoms with Crippen LogP contribution in [-0.2, 0) is 19.9 Å². The molecular weight excluding hydrogens is 576 g/mol. The van der Waals surface area contributed by atoms with Crippen molar-refractivity contribution in [1.82, 2.24) is 10.6 Å². The number of nitrogens with one attached hydrogen (secondary N) is 2. The van der Waals surface area contributed by atoms with E-state index in [0.29, 0.717) is 0 Å². The summed E-state index contributed by atoms with van der Waals surface area (Å²) in [7, 11) is 0. The van der Waals surface area contributed by atoms with E-state index in [4.69, 9.17) is 4.74 Å². The SMILES string of the molecule is Cc1ccc(C(NC(=O)C[C@H](NC(=O)OCC2c3ccccc3-c3ccccc32)C(=O)O)(c2ccccc2)c2ccccc2)cc1. The zero-order valence-electron chi connectivity index (χ0n) is 25.4. The van der Waals surface area contributed by atoms with Crippen molar-refractivity contribution >= 4 is 18.0 Å². The van der Waals surface area contributed by atoms with Gasteiger partial charge in [0.1, 0.15) is 18.2 Å². The van der Waals surface area contributed by atoms with Crippen LogP contribution in [0.25, 0.3) is 11.1 Å². The number of hydrogen-bond acceptors (Lipinski definition) is 4. The smallest absolute Gasteiger partial charge is 0.407 e. The Morgan fingerprint density at radius 3 is 1.70 bits per heavy atom. The van der Waals surface area contributed by atoms with Crippen molar-refractivity contribution in [2.24, 2.45) is 0 Å². The second-order valence-corrected chi connectivity index (χ2v) is 11.5. The molecule has 1 atom stereocenters. The summed E-state index contributed by atoms with van der Waals surface area (Å²) < 4.78 is 5.58. The minimum Gasteiger partial charge on any atom is -0.480 e. The number of carbonyl (C=O) groups excluding carboxylic acids is 2. The fraction of sp³-hybridized carbons (Fsp3) is 0.154. The normalized spacial score (nSPS) is 12.8. The van der Waals surface area contributed by atoms with Gasteiger partial charge in [0.25, 0.3) is 0 Å². The maximum atomic E-state index is 13.8. The Labute approximate surface area is 267 Å². The molecule has 230 valence electrons. The van der Waals surface area contributed by atoms with Gasteiger partial charge in [0.15, 0.2) is 0 Å². The monoisotopic (exact) mass is 610 g/mol. The van der Waals surface area contributed by atoms with Crippen LogP contribution in [0.5, 0.6) is 0 Å². The van der Waals surface area contributed by atoms with Gasteiger partial charge >= 0.3 is 12.1 Å². The predicted molar refractivity (Wildman–Crippen MR) is 176 cm³/mol. The molecule has 0 radical (unpaired) electrons. The van der Waals surface area contributed by atoms with Crippen molar-refractivity contribution in [2.45, 2.75) is 30.8 Å². The summed E-state index contributed by atoms with van der Waals surface area (Å²) in [5, 5.41) is 15.6. The van der Waals surface area contributed by atoms with Gasteiger partial charge < -0.3 is 20.5 Å². The first kappa shape index (κ1) is 30.3. The molecule has 6 rings (SSSR count). The summed E-state index contributed by atoms with van der Waals surface area (Å²) in [6.45, 7) is 2.01. The van der Waals surface area contributed by atoms with Crippen LogP contribution in [0.3, 0.4) is 0 Å². The molecule has 0 saturated carbocycles. The van der Waals surface area contributed by atoms with Gasteiger partial charge in [0, 0.05) is 5.92 Å². The van der Waals surface area contributed by atoms with Gasteiger partial charge in [0.2, 0.25) is 5.91 Å². The van der Waals surface area contributed by atoms with Gasteiger partial charge in [-0.05, 0) is 45.9 Å². The van der Waals surface area contributed by atoms with Crippen LogP contribution in [-0.4, -0.2) is 35.7 Å². The van der Waals surface area contributed by atoms with Crippen molar-refractivity contribution in [3.8, 4) is 11.1 Å². The number of carbonyl (C=O) groups is 3. The number of carboxylic acid groups (broad SMARTS) is 1. The van der Waals surface area contributed by atoms with Crippen molar-refractivity contribution in [1.29, 1.82) is 0 Å². The third-order valence-corrected chi connectivity index (χ3v) is 8.55. The highest BCUT2D eigenvalue weighted by Crippen LogP contribution is 2.44. The quantitative estimate of drug-likeness (QED) is 0.151. The highest BCUT2D eigenvalue weighted by Gasteiger charge is 2.39. The molecule has 0 fully saturated rings. The van der Waals surface area contributed by atoms with E-state index >= 15 is 0 Å². The average Bonchev–Trinajstić information content (AvgIpc) is 3.40. The third kappa shape index (κ3) is 6.00. The average molecular weight is 611 g/mol. The highest BCUT2D eigenvalue weighted by atomic mass is 16.5. The number of benzene rings is 5. The number of rotatable bonds is 10. The molecule has 0 spiro atoms. The predicted octanol–water partition coefficient (Wildman–Crippen LogP) is 6.79. The van der Waals surface area contributed by atoms with Crippen LogP contribution < -0.4 is 10.6 Å². The molecule has 7 nitrogen and oxygen atoms in total. The number of alkyl carbamates (subject to hydrolysis) is 1. The Bertz CT molecular complexity index is 1770. The third-order valence-electron chi connectivity index (χ3n) is 8.55. The maximum absolute atomic E-state index is 13.8. The summed E-state index contributed by atoms with van der Waals surface area (Å²) in [6.07, 6.45) is -1.41. The fourth-order valence-corrected chi connectivity index (χ4v) is 6.32. The fourth-order valence-electron chi connectivity index (χ4n) is 6.32. The second kappa shape index (κ2) is 13.1. The van der Waals surface area contributed by atoms with Gasteiger partial charge in [-0.3, -0.25) is 4.79 Å². The summed E-state index contributed by atoms with van der Waals surface area (Å²) >= 11 is 0. The number of aryl methyl sites for hydroxylation is 1.